The van der Waals surface area contributed by atoms with Gasteiger partial charge in [0.1, 0.15) is 0 Å². The fourth-order valence-electron chi connectivity index (χ4n) is 4.31. The molecule has 0 aromatic heterocycles. The summed E-state index contributed by atoms with van der Waals surface area (Å²) in [6.07, 6.45) is 14.2. The molecule has 2 nitrogen and oxygen atoms in total. The third-order valence-electron chi connectivity index (χ3n) is 6.32. The summed E-state index contributed by atoms with van der Waals surface area (Å²) >= 11 is 0. The first-order valence-corrected chi connectivity index (χ1v) is 11.4. The van der Waals surface area contributed by atoms with Crippen molar-refractivity contribution in [3.05, 3.63) is 35.4 Å². The van der Waals surface area contributed by atoms with Crippen molar-refractivity contribution >= 4 is 5.97 Å². The fourth-order valence-corrected chi connectivity index (χ4v) is 4.31. The van der Waals surface area contributed by atoms with Crippen molar-refractivity contribution in [3.63, 3.8) is 0 Å². The standard InChI is InChI=1S/C25H40O2/c1-4-6-8-10-21-11-13-23(14-12-21)24-17-15-22(16-18-24)20(3)25(26)27-19-9-7-5-2/h15-18,20-21,23H,4-14,19H2,1-3H3/t20?,21-,23-. The van der Waals surface area contributed by atoms with Crippen LogP contribution in [0.4, 0.5) is 0 Å². The molecule has 0 spiro atoms. The second-order valence-corrected chi connectivity index (χ2v) is 8.48. The van der Waals surface area contributed by atoms with Crippen LogP contribution in [0.15, 0.2) is 24.3 Å². The smallest absolute Gasteiger partial charge is 0.313 e. The van der Waals surface area contributed by atoms with E-state index < -0.39 is 0 Å². The summed E-state index contributed by atoms with van der Waals surface area (Å²) in [6.45, 7) is 6.95. The van der Waals surface area contributed by atoms with Gasteiger partial charge in [-0.2, -0.15) is 0 Å². The Kier molecular flexibility index (Phi) is 9.94. The van der Waals surface area contributed by atoms with E-state index in [1.165, 1.54) is 56.9 Å². The Morgan fingerprint density at radius 3 is 2.22 bits per heavy atom. The lowest BCUT2D eigenvalue weighted by Crippen LogP contribution is -2.15. The average Bonchev–Trinajstić information content (AvgIpc) is 2.71. The van der Waals surface area contributed by atoms with Crippen LogP contribution in [0.2, 0.25) is 0 Å². The molecule has 152 valence electrons. The van der Waals surface area contributed by atoms with E-state index in [1.54, 1.807) is 0 Å². The molecule has 2 rings (SSSR count). The van der Waals surface area contributed by atoms with Crippen LogP contribution in [0.3, 0.4) is 0 Å². The fraction of sp³-hybridized carbons (Fsp3) is 0.720. The number of esters is 1. The van der Waals surface area contributed by atoms with E-state index in [9.17, 15) is 4.79 Å². The van der Waals surface area contributed by atoms with Gasteiger partial charge >= 0.3 is 5.97 Å². The predicted octanol–water partition coefficient (Wildman–Crippen LogP) is 7.38. The van der Waals surface area contributed by atoms with Crippen LogP contribution in [0.1, 0.15) is 114 Å². The Morgan fingerprint density at radius 1 is 0.963 bits per heavy atom. The highest BCUT2D eigenvalue weighted by Crippen LogP contribution is 2.38. The zero-order valence-electron chi connectivity index (χ0n) is 17.8. The molecule has 1 unspecified atom stereocenters. The summed E-state index contributed by atoms with van der Waals surface area (Å²) in [6, 6.07) is 8.78. The summed E-state index contributed by atoms with van der Waals surface area (Å²) in [4.78, 5) is 12.2. The topological polar surface area (TPSA) is 26.3 Å². The Bertz CT molecular complexity index is 526. The van der Waals surface area contributed by atoms with Gasteiger partial charge in [0.2, 0.25) is 0 Å². The number of hydrogen-bond donors (Lipinski definition) is 0. The van der Waals surface area contributed by atoms with Crippen molar-refractivity contribution in [2.24, 2.45) is 5.92 Å². The van der Waals surface area contributed by atoms with E-state index in [0.29, 0.717) is 12.5 Å². The molecule has 0 radical (unpaired) electrons. The maximum absolute atomic E-state index is 12.2. The van der Waals surface area contributed by atoms with Gasteiger partial charge in [-0.3, -0.25) is 4.79 Å². The Hall–Kier alpha value is -1.31. The Morgan fingerprint density at radius 2 is 1.59 bits per heavy atom. The SMILES string of the molecule is CCCCCOC(=O)C(C)c1ccc([C@H]2CC[C@H](CCCCC)CC2)cc1. The molecule has 27 heavy (non-hydrogen) atoms. The van der Waals surface area contributed by atoms with E-state index in [2.05, 4.69) is 38.1 Å². The number of carbonyl (C=O) groups excluding carboxylic acids is 1. The van der Waals surface area contributed by atoms with Gasteiger partial charge in [-0.25, -0.2) is 0 Å². The normalized spacial score (nSPS) is 21.0. The van der Waals surface area contributed by atoms with E-state index in [4.69, 9.17) is 4.74 Å². The largest absolute Gasteiger partial charge is 0.465 e. The summed E-state index contributed by atoms with van der Waals surface area (Å²) in [5, 5.41) is 0. The molecule has 0 aliphatic heterocycles. The highest BCUT2D eigenvalue weighted by atomic mass is 16.5. The third kappa shape index (κ3) is 7.31. The molecule has 1 fully saturated rings. The minimum absolute atomic E-state index is 0.0913. The van der Waals surface area contributed by atoms with Crippen molar-refractivity contribution in [3.8, 4) is 0 Å². The first-order valence-electron chi connectivity index (χ1n) is 11.4. The van der Waals surface area contributed by atoms with Crippen LogP contribution in [-0.2, 0) is 9.53 Å². The maximum atomic E-state index is 12.2. The monoisotopic (exact) mass is 372 g/mol. The van der Waals surface area contributed by atoms with Crippen LogP contribution in [0.25, 0.3) is 0 Å². The molecule has 1 aromatic carbocycles. The van der Waals surface area contributed by atoms with Gasteiger partial charge in [0.05, 0.1) is 12.5 Å². The first-order chi connectivity index (χ1) is 13.2. The molecule has 0 N–H and O–H groups in total. The molecule has 1 saturated carbocycles. The molecule has 1 atom stereocenters. The lowest BCUT2D eigenvalue weighted by Gasteiger charge is -2.29. The van der Waals surface area contributed by atoms with Gasteiger partial charge in [0.15, 0.2) is 0 Å². The molecule has 0 bridgehead atoms. The van der Waals surface area contributed by atoms with E-state index >= 15 is 0 Å². The number of rotatable bonds is 11. The number of unbranched alkanes of at least 4 members (excludes halogenated alkanes) is 4. The second-order valence-electron chi connectivity index (χ2n) is 8.48. The first kappa shape index (κ1) is 22.0. The zero-order chi connectivity index (χ0) is 19.5. The number of ether oxygens (including phenoxy) is 1. The van der Waals surface area contributed by atoms with Crippen LogP contribution in [0.5, 0.6) is 0 Å². The van der Waals surface area contributed by atoms with Gasteiger partial charge in [0.25, 0.3) is 0 Å². The van der Waals surface area contributed by atoms with Crippen LogP contribution in [0, 0.1) is 5.92 Å². The van der Waals surface area contributed by atoms with Crippen molar-refractivity contribution in [1.82, 2.24) is 0 Å². The van der Waals surface area contributed by atoms with Crippen molar-refractivity contribution in [2.45, 2.75) is 103 Å². The molecule has 1 aromatic rings. The van der Waals surface area contributed by atoms with Crippen molar-refractivity contribution in [2.75, 3.05) is 6.61 Å². The highest BCUT2D eigenvalue weighted by Gasteiger charge is 2.23. The Labute approximate surface area is 167 Å². The lowest BCUT2D eigenvalue weighted by molar-refractivity contribution is -0.145. The van der Waals surface area contributed by atoms with Gasteiger partial charge in [0, 0.05) is 0 Å². The quantitative estimate of drug-likeness (QED) is 0.299. The van der Waals surface area contributed by atoms with Crippen LogP contribution in [-0.4, -0.2) is 12.6 Å². The van der Waals surface area contributed by atoms with Gasteiger partial charge < -0.3 is 4.74 Å². The molecule has 2 heteroatoms. The molecule has 0 amide bonds. The number of hydrogen-bond acceptors (Lipinski definition) is 2. The van der Waals surface area contributed by atoms with Crippen molar-refractivity contribution < 1.29 is 9.53 Å². The molecular weight excluding hydrogens is 332 g/mol. The summed E-state index contributed by atoms with van der Waals surface area (Å²) in [5.41, 5.74) is 2.53. The minimum atomic E-state index is -0.171. The number of carbonyl (C=O) groups is 1. The summed E-state index contributed by atoms with van der Waals surface area (Å²) in [7, 11) is 0. The average molecular weight is 373 g/mol. The van der Waals surface area contributed by atoms with Crippen LogP contribution < -0.4 is 0 Å². The predicted molar refractivity (Wildman–Crippen MR) is 114 cm³/mol. The number of benzene rings is 1. The van der Waals surface area contributed by atoms with Crippen molar-refractivity contribution in [1.29, 1.82) is 0 Å². The van der Waals surface area contributed by atoms with Gasteiger partial charge in [-0.1, -0.05) is 76.6 Å². The Balaban J connectivity index is 1.78. The lowest BCUT2D eigenvalue weighted by atomic mass is 9.77. The summed E-state index contributed by atoms with van der Waals surface area (Å²) in [5.74, 6) is 1.40. The van der Waals surface area contributed by atoms with E-state index in [-0.39, 0.29) is 11.9 Å². The zero-order valence-corrected chi connectivity index (χ0v) is 17.8. The van der Waals surface area contributed by atoms with Gasteiger partial charge in [-0.05, 0) is 62.0 Å². The second kappa shape index (κ2) is 12.2. The molecule has 0 saturated heterocycles. The van der Waals surface area contributed by atoms with E-state index in [1.807, 2.05) is 6.92 Å². The summed E-state index contributed by atoms with van der Waals surface area (Å²) < 4.78 is 5.42. The van der Waals surface area contributed by atoms with Crippen LogP contribution >= 0.6 is 0 Å². The molecular formula is C25H40O2. The minimum Gasteiger partial charge on any atom is -0.465 e. The molecule has 1 aliphatic carbocycles. The maximum Gasteiger partial charge on any atom is 0.313 e. The highest BCUT2D eigenvalue weighted by molar-refractivity contribution is 5.77. The van der Waals surface area contributed by atoms with Gasteiger partial charge in [-0.15, -0.1) is 0 Å². The third-order valence-corrected chi connectivity index (χ3v) is 6.32. The molecule has 0 heterocycles. The van der Waals surface area contributed by atoms with E-state index in [0.717, 1.165) is 30.7 Å². The molecule has 1 aliphatic rings.